The van der Waals surface area contributed by atoms with E-state index in [4.69, 9.17) is 5.73 Å². The molecular formula is C36H36ClN. The molecule has 0 atom stereocenters. The molecule has 0 radical (unpaired) electrons. The third-order valence-electron chi connectivity index (χ3n) is 7.46. The average molecular weight is 518 g/mol. The fourth-order valence-corrected chi connectivity index (χ4v) is 5.54. The SMILES string of the molecule is Cc1c(CN)c(Cc2ccccc2)c(Cc2ccccc2)c(Cc2ccccc2)c1Cc1ccccc1.Cl. The molecule has 192 valence electrons. The van der Waals surface area contributed by atoms with Gasteiger partial charge in [-0.25, -0.2) is 0 Å². The summed E-state index contributed by atoms with van der Waals surface area (Å²) in [5.41, 5.74) is 20.3. The molecule has 0 bridgehead atoms. The zero-order valence-electron chi connectivity index (χ0n) is 22.1. The van der Waals surface area contributed by atoms with Crippen LogP contribution in [-0.4, -0.2) is 0 Å². The molecule has 5 aromatic rings. The van der Waals surface area contributed by atoms with Gasteiger partial charge in [0.05, 0.1) is 0 Å². The number of nitrogens with two attached hydrogens (primary N) is 1. The molecule has 0 aromatic heterocycles. The van der Waals surface area contributed by atoms with Crippen LogP contribution in [-0.2, 0) is 32.2 Å². The lowest BCUT2D eigenvalue weighted by Gasteiger charge is -2.26. The number of hydrogen-bond acceptors (Lipinski definition) is 1. The maximum Gasteiger partial charge on any atom is 0.0183 e. The van der Waals surface area contributed by atoms with E-state index in [1.807, 2.05) is 0 Å². The van der Waals surface area contributed by atoms with Gasteiger partial charge in [0.25, 0.3) is 0 Å². The largest absolute Gasteiger partial charge is 0.326 e. The summed E-state index contributed by atoms with van der Waals surface area (Å²) < 4.78 is 0. The molecule has 0 unspecified atom stereocenters. The minimum Gasteiger partial charge on any atom is -0.326 e. The highest BCUT2D eigenvalue weighted by Crippen LogP contribution is 2.34. The van der Waals surface area contributed by atoms with Gasteiger partial charge in [-0.15, -0.1) is 12.4 Å². The fourth-order valence-electron chi connectivity index (χ4n) is 5.54. The Hall–Kier alpha value is -3.65. The van der Waals surface area contributed by atoms with Crippen molar-refractivity contribution in [2.75, 3.05) is 0 Å². The van der Waals surface area contributed by atoms with Gasteiger partial charge < -0.3 is 5.73 Å². The number of benzene rings is 5. The molecule has 0 spiro atoms. The van der Waals surface area contributed by atoms with Crippen molar-refractivity contribution in [2.24, 2.45) is 5.73 Å². The minimum absolute atomic E-state index is 0. The van der Waals surface area contributed by atoms with Crippen LogP contribution in [0.5, 0.6) is 0 Å². The maximum absolute atomic E-state index is 6.53. The summed E-state index contributed by atoms with van der Waals surface area (Å²) in [4.78, 5) is 0. The molecule has 0 amide bonds. The molecule has 5 aromatic carbocycles. The van der Waals surface area contributed by atoms with E-state index in [0.717, 1.165) is 25.7 Å². The Balaban J connectivity index is 0.00000336. The Bertz CT molecular complexity index is 1430. The second-order valence-electron chi connectivity index (χ2n) is 9.87. The Labute approximate surface area is 233 Å². The van der Waals surface area contributed by atoms with Crippen LogP contribution >= 0.6 is 12.4 Å². The zero-order valence-corrected chi connectivity index (χ0v) is 22.9. The Morgan fingerprint density at radius 1 is 0.395 bits per heavy atom. The summed E-state index contributed by atoms with van der Waals surface area (Å²) in [7, 11) is 0. The number of hydrogen-bond donors (Lipinski definition) is 1. The van der Waals surface area contributed by atoms with E-state index in [1.165, 1.54) is 55.6 Å². The summed E-state index contributed by atoms with van der Waals surface area (Å²) >= 11 is 0. The molecule has 0 fully saturated rings. The third-order valence-corrected chi connectivity index (χ3v) is 7.46. The minimum atomic E-state index is 0. The van der Waals surface area contributed by atoms with E-state index in [-0.39, 0.29) is 12.4 Å². The van der Waals surface area contributed by atoms with Crippen LogP contribution in [0, 0.1) is 6.92 Å². The van der Waals surface area contributed by atoms with E-state index in [2.05, 4.69) is 128 Å². The predicted molar refractivity (Wildman–Crippen MR) is 163 cm³/mol. The van der Waals surface area contributed by atoms with E-state index in [1.54, 1.807) is 0 Å². The summed E-state index contributed by atoms with van der Waals surface area (Å²) in [5, 5.41) is 0. The zero-order chi connectivity index (χ0) is 25.5. The first-order valence-corrected chi connectivity index (χ1v) is 13.2. The smallest absolute Gasteiger partial charge is 0.0183 e. The highest BCUT2D eigenvalue weighted by molar-refractivity contribution is 5.85. The maximum atomic E-state index is 6.53. The van der Waals surface area contributed by atoms with Crippen LogP contribution < -0.4 is 5.73 Å². The first kappa shape index (κ1) is 27.4. The van der Waals surface area contributed by atoms with Gasteiger partial charge in [0.1, 0.15) is 0 Å². The molecule has 0 aliphatic rings. The highest BCUT2D eigenvalue weighted by Gasteiger charge is 2.22. The van der Waals surface area contributed by atoms with Gasteiger partial charge in [-0.3, -0.25) is 0 Å². The molecule has 0 saturated heterocycles. The molecule has 0 saturated carbocycles. The molecule has 2 N–H and O–H groups in total. The van der Waals surface area contributed by atoms with Gasteiger partial charge in [0.15, 0.2) is 0 Å². The quantitative estimate of drug-likeness (QED) is 0.209. The van der Waals surface area contributed by atoms with E-state index < -0.39 is 0 Å². The molecular weight excluding hydrogens is 482 g/mol. The normalized spacial score (nSPS) is 10.7. The topological polar surface area (TPSA) is 26.0 Å². The second-order valence-corrected chi connectivity index (χ2v) is 9.87. The first-order chi connectivity index (χ1) is 18.2. The Morgan fingerprint density at radius 2 is 0.658 bits per heavy atom. The van der Waals surface area contributed by atoms with Gasteiger partial charge in [0.2, 0.25) is 0 Å². The lowest BCUT2D eigenvalue weighted by Crippen LogP contribution is -2.16. The second kappa shape index (κ2) is 13.2. The van der Waals surface area contributed by atoms with Gasteiger partial charge in [-0.1, -0.05) is 121 Å². The standard InChI is InChI=1S/C36H35N.ClH/c1-27-32(22-28-14-6-2-7-15-28)33(23-29-16-8-3-9-17-29)34(24-30-18-10-4-11-19-30)35(36(27)26-37)25-31-20-12-5-13-21-31;/h2-21H,22-26,37H2,1H3;1H. The predicted octanol–water partition coefficient (Wildman–Crippen LogP) is 8.24. The molecule has 2 heteroatoms. The highest BCUT2D eigenvalue weighted by atomic mass is 35.5. The molecule has 38 heavy (non-hydrogen) atoms. The van der Waals surface area contributed by atoms with E-state index in [9.17, 15) is 0 Å². The summed E-state index contributed by atoms with van der Waals surface area (Å²) in [6.45, 7) is 2.83. The van der Waals surface area contributed by atoms with Crippen LogP contribution in [0.15, 0.2) is 121 Å². The molecule has 1 nitrogen and oxygen atoms in total. The van der Waals surface area contributed by atoms with Crippen molar-refractivity contribution in [2.45, 2.75) is 39.2 Å². The van der Waals surface area contributed by atoms with Crippen LogP contribution in [0.25, 0.3) is 0 Å². The molecule has 5 rings (SSSR count). The van der Waals surface area contributed by atoms with Crippen molar-refractivity contribution in [3.8, 4) is 0 Å². The molecule has 0 aliphatic heterocycles. The number of rotatable bonds is 9. The third kappa shape index (κ3) is 6.42. The van der Waals surface area contributed by atoms with Crippen molar-refractivity contribution >= 4 is 12.4 Å². The summed E-state index contributed by atoms with van der Waals surface area (Å²) in [6, 6.07) is 43.5. The Kier molecular flexibility index (Phi) is 9.54. The molecule has 0 aliphatic carbocycles. The van der Waals surface area contributed by atoms with Crippen molar-refractivity contribution in [3.05, 3.63) is 177 Å². The van der Waals surface area contributed by atoms with Gasteiger partial charge >= 0.3 is 0 Å². The van der Waals surface area contributed by atoms with Crippen molar-refractivity contribution in [1.82, 2.24) is 0 Å². The van der Waals surface area contributed by atoms with E-state index >= 15 is 0 Å². The number of halogens is 1. The fraction of sp³-hybridized carbons (Fsp3) is 0.167. The average Bonchev–Trinajstić information content (AvgIpc) is 2.95. The Morgan fingerprint density at radius 3 is 0.974 bits per heavy atom. The first-order valence-electron chi connectivity index (χ1n) is 13.2. The van der Waals surface area contributed by atoms with Crippen molar-refractivity contribution in [3.63, 3.8) is 0 Å². The lowest BCUT2D eigenvalue weighted by atomic mass is 9.79. The monoisotopic (exact) mass is 517 g/mol. The molecule has 0 heterocycles. The van der Waals surface area contributed by atoms with Gasteiger partial charge in [-0.2, -0.15) is 0 Å². The van der Waals surface area contributed by atoms with Crippen LogP contribution in [0.4, 0.5) is 0 Å². The van der Waals surface area contributed by atoms with Crippen molar-refractivity contribution in [1.29, 1.82) is 0 Å². The van der Waals surface area contributed by atoms with Crippen LogP contribution in [0.3, 0.4) is 0 Å². The van der Waals surface area contributed by atoms with Crippen LogP contribution in [0.2, 0.25) is 0 Å². The van der Waals surface area contributed by atoms with E-state index in [0.29, 0.717) is 6.54 Å². The summed E-state index contributed by atoms with van der Waals surface area (Å²) in [5.74, 6) is 0. The van der Waals surface area contributed by atoms with Crippen LogP contribution in [0.1, 0.15) is 55.6 Å². The summed E-state index contributed by atoms with van der Waals surface area (Å²) in [6.07, 6.45) is 3.62. The van der Waals surface area contributed by atoms with Gasteiger partial charge in [0, 0.05) is 6.54 Å². The lowest BCUT2D eigenvalue weighted by molar-refractivity contribution is 0.921. The van der Waals surface area contributed by atoms with Gasteiger partial charge in [-0.05, 0) is 88.2 Å². The van der Waals surface area contributed by atoms with Crippen molar-refractivity contribution < 1.29 is 0 Å².